The van der Waals surface area contributed by atoms with Gasteiger partial charge in [-0.1, -0.05) is 12.2 Å². The first kappa shape index (κ1) is 16.1. The Morgan fingerprint density at radius 1 is 1.52 bits per heavy atom. The van der Waals surface area contributed by atoms with E-state index in [1.54, 1.807) is 0 Å². The summed E-state index contributed by atoms with van der Waals surface area (Å²) < 4.78 is 0. The Morgan fingerprint density at radius 2 is 2.19 bits per heavy atom. The molecule has 2 unspecified atom stereocenters. The summed E-state index contributed by atoms with van der Waals surface area (Å²) >= 11 is 5.21. The van der Waals surface area contributed by atoms with Crippen molar-refractivity contribution in [2.45, 2.75) is 32.4 Å². The molecule has 0 amide bonds. The Balaban J connectivity index is 2.46. The Bertz CT molecular complexity index is 547. The van der Waals surface area contributed by atoms with Gasteiger partial charge in [-0.15, -0.1) is 0 Å². The lowest BCUT2D eigenvalue weighted by Gasteiger charge is -2.31. The van der Waals surface area contributed by atoms with Gasteiger partial charge in [0, 0.05) is 30.5 Å². The number of hydrogen-bond acceptors (Lipinski definition) is 5. The second kappa shape index (κ2) is 6.25. The first-order valence-electron chi connectivity index (χ1n) is 7.17. The fourth-order valence-electron chi connectivity index (χ4n) is 3.12. The Morgan fingerprint density at radius 3 is 2.76 bits per heavy atom. The van der Waals surface area contributed by atoms with E-state index in [0.29, 0.717) is 11.5 Å². The lowest BCUT2D eigenvalue weighted by Crippen LogP contribution is -2.39. The smallest absolute Gasteiger partial charge is 0.107 e. The number of rotatable bonds is 4. The molecule has 2 heterocycles. The molecule has 6 heteroatoms. The van der Waals surface area contributed by atoms with Crippen LogP contribution < -0.4 is 10.6 Å². The molecule has 0 radical (unpaired) electrons. The summed E-state index contributed by atoms with van der Waals surface area (Å²) in [4.78, 5) is 9.18. The molecule has 0 bridgehead atoms. The van der Waals surface area contributed by atoms with Gasteiger partial charge in [0.15, 0.2) is 0 Å². The fourth-order valence-corrected chi connectivity index (χ4v) is 3.37. The third-order valence-electron chi connectivity index (χ3n) is 3.83. The number of pyridine rings is 1. The molecule has 5 nitrogen and oxygen atoms in total. The van der Waals surface area contributed by atoms with Gasteiger partial charge in [-0.05, 0) is 40.4 Å². The van der Waals surface area contributed by atoms with Crippen LogP contribution in [0.25, 0.3) is 0 Å². The number of thiocarbonyl (C=S) groups is 1. The molecule has 0 spiro atoms. The van der Waals surface area contributed by atoms with Gasteiger partial charge in [0.25, 0.3) is 0 Å². The second-order valence-corrected chi connectivity index (χ2v) is 6.51. The fraction of sp³-hybridized carbons (Fsp3) is 0.600. The van der Waals surface area contributed by atoms with Crippen LogP contribution in [0, 0.1) is 13.8 Å². The monoisotopic (exact) mass is 308 g/mol. The first-order valence-corrected chi connectivity index (χ1v) is 7.58. The molecule has 21 heavy (non-hydrogen) atoms. The van der Waals surface area contributed by atoms with Crippen molar-refractivity contribution >= 4 is 22.9 Å². The zero-order valence-corrected chi connectivity index (χ0v) is 13.9. The van der Waals surface area contributed by atoms with Crippen LogP contribution in [0.4, 0.5) is 5.69 Å². The minimum Gasteiger partial charge on any atom is -0.391 e. The molecule has 1 aliphatic rings. The number of β-amino-alcohol motifs (C(OH)–C–C–N with tert-alkyl or cyclic N) is 1. The molecule has 1 saturated heterocycles. The van der Waals surface area contributed by atoms with Gasteiger partial charge in [-0.3, -0.25) is 4.98 Å². The predicted molar refractivity (Wildman–Crippen MR) is 89.9 cm³/mol. The zero-order valence-electron chi connectivity index (χ0n) is 13.1. The van der Waals surface area contributed by atoms with E-state index in [2.05, 4.69) is 14.8 Å². The highest BCUT2D eigenvalue weighted by Crippen LogP contribution is 2.31. The number of aromatic nitrogens is 1. The van der Waals surface area contributed by atoms with E-state index in [0.717, 1.165) is 35.6 Å². The summed E-state index contributed by atoms with van der Waals surface area (Å²) in [7, 11) is 4.08. The van der Waals surface area contributed by atoms with Gasteiger partial charge in [-0.2, -0.15) is 0 Å². The van der Waals surface area contributed by atoms with Crippen LogP contribution in [-0.2, 0) is 0 Å². The summed E-state index contributed by atoms with van der Waals surface area (Å²) in [5.74, 6) is 0. The lowest BCUT2D eigenvalue weighted by atomic mass is 10.1. The van der Waals surface area contributed by atoms with Crippen LogP contribution in [0.1, 0.15) is 23.4 Å². The van der Waals surface area contributed by atoms with Gasteiger partial charge in [0.05, 0.1) is 17.4 Å². The molecule has 0 aromatic carbocycles. The Kier molecular flexibility index (Phi) is 4.81. The minimum absolute atomic E-state index is 0.254. The van der Waals surface area contributed by atoms with E-state index in [-0.39, 0.29) is 12.1 Å². The second-order valence-electron chi connectivity index (χ2n) is 6.07. The van der Waals surface area contributed by atoms with Crippen LogP contribution >= 0.6 is 12.2 Å². The summed E-state index contributed by atoms with van der Waals surface area (Å²) in [6, 6.07) is 2.27. The number of aliphatic hydroxyl groups excluding tert-OH is 1. The average molecular weight is 308 g/mol. The summed E-state index contributed by atoms with van der Waals surface area (Å²) in [5.41, 5.74) is 9.52. The largest absolute Gasteiger partial charge is 0.391 e. The SMILES string of the molecule is Cc1cc(N2CC(O)CC2CN(C)C)c(C(N)=S)c(C)n1. The Hall–Kier alpha value is -1.24. The molecule has 2 rings (SSSR count). The number of nitrogens with zero attached hydrogens (tertiary/aromatic N) is 3. The number of aryl methyl sites for hydroxylation is 2. The normalized spacial score (nSPS) is 22.1. The quantitative estimate of drug-likeness (QED) is 0.804. The molecule has 1 fully saturated rings. The number of nitrogens with two attached hydrogens (primary N) is 1. The summed E-state index contributed by atoms with van der Waals surface area (Å²) in [5, 5.41) is 10.1. The van der Waals surface area contributed by atoms with E-state index in [9.17, 15) is 5.11 Å². The minimum atomic E-state index is -0.317. The van der Waals surface area contributed by atoms with Gasteiger partial charge in [-0.25, -0.2) is 0 Å². The van der Waals surface area contributed by atoms with Gasteiger partial charge in [0.1, 0.15) is 4.99 Å². The molecule has 1 aromatic heterocycles. The number of hydrogen-bond donors (Lipinski definition) is 2. The maximum atomic E-state index is 10.1. The van der Waals surface area contributed by atoms with E-state index < -0.39 is 0 Å². The van der Waals surface area contributed by atoms with E-state index >= 15 is 0 Å². The van der Waals surface area contributed by atoms with E-state index in [1.165, 1.54) is 0 Å². The van der Waals surface area contributed by atoms with E-state index in [1.807, 2.05) is 34.0 Å². The molecule has 0 aliphatic carbocycles. The molecule has 2 atom stereocenters. The van der Waals surface area contributed by atoms with Crippen molar-refractivity contribution in [1.29, 1.82) is 0 Å². The topological polar surface area (TPSA) is 65.6 Å². The highest BCUT2D eigenvalue weighted by molar-refractivity contribution is 7.80. The molecule has 3 N–H and O–H groups in total. The highest BCUT2D eigenvalue weighted by Gasteiger charge is 2.33. The third kappa shape index (κ3) is 3.51. The lowest BCUT2D eigenvalue weighted by molar-refractivity contribution is 0.191. The molecule has 1 aliphatic heterocycles. The molecular formula is C15H24N4OS. The van der Waals surface area contributed by atoms with Gasteiger partial charge in [0.2, 0.25) is 0 Å². The van der Waals surface area contributed by atoms with Crippen molar-refractivity contribution in [2.24, 2.45) is 5.73 Å². The van der Waals surface area contributed by atoms with Crippen molar-refractivity contribution in [3.05, 3.63) is 23.0 Å². The van der Waals surface area contributed by atoms with E-state index in [4.69, 9.17) is 18.0 Å². The van der Waals surface area contributed by atoms with Crippen molar-refractivity contribution in [3.63, 3.8) is 0 Å². The summed E-state index contributed by atoms with van der Waals surface area (Å²) in [6.45, 7) is 5.39. The van der Waals surface area contributed by atoms with Crippen LogP contribution in [0.2, 0.25) is 0 Å². The van der Waals surface area contributed by atoms with Crippen molar-refractivity contribution < 1.29 is 5.11 Å². The molecule has 1 aromatic rings. The molecule has 116 valence electrons. The number of likely N-dealkylation sites (N-methyl/N-ethyl adjacent to an activating group) is 1. The van der Waals surface area contributed by atoms with Crippen LogP contribution in [-0.4, -0.2) is 59.3 Å². The zero-order chi connectivity index (χ0) is 15.7. The predicted octanol–water partition coefficient (Wildman–Crippen LogP) is 0.834. The number of anilines is 1. The summed E-state index contributed by atoms with van der Waals surface area (Å²) in [6.07, 6.45) is 0.443. The standard InChI is InChI=1S/C15H24N4OS/c1-9-5-13(14(15(16)21)10(2)17-9)19-8-12(20)6-11(19)7-18(3)4/h5,11-12,20H,6-8H2,1-4H3,(H2,16,21). The van der Waals surface area contributed by atoms with Crippen LogP contribution in [0.15, 0.2) is 6.07 Å². The first-order chi connectivity index (χ1) is 9.79. The maximum Gasteiger partial charge on any atom is 0.107 e. The van der Waals surface area contributed by atoms with Gasteiger partial charge >= 0.3 is 0 Å². The third-order valence-corrected chi connectivity index (χ3v) is 4.04. The van der Waals surface area contributed by atoms with Crippen LogP contribution in [0.3, 0.4) is 0 Å². The van der Waals surface area contributed by atoms with Crippen molar-refractivity contribution in [1.82, 2.24) is 9.88 Å². The number of aliphatic hydroxyl groups is 1. The molecule has 0 saturated carbocycles. The van der Waals surface area contributed by atoms with Gasteiger partial charge < -0.3 is 20.6 Å². The van der Waals surface area contributed by atoms with Crippen LogP contribution in [0.5, 0.6) is 0 Å². The highest BCUT2D eigenvalue weighted by atomic mass is 32.1. The average Bonchev–Trinajstić information content (AvgIpc) is 2.67. The van der Waals surface area contributed by atoms with Crippen molar-refractivity contribution in [3.8, 4) is 0 Å². The maximum absolute atomic E-state index is 10.1. The van der Waals surface area contributed by atoms with Crippen molar-refractivity contribution in [2.75, 3.05) is 32.1 Å². The molecular weight excluding hydrogens is 284 g/mol. The Labute approximate surface area is 131 Å².